The van der Waals surface area contributed by atoms with Crippen molar-refractivity contribution >= 4 is 21.9 Å². The Balaban J connectivity index is 0.00000228. The van der Waals surface area contributed by atoms with Gasteiger partial charge in [0.1, 0.15) is 5.82 Å². The topological polar surface area (TPSA) is 65.7 Å². The van der Waals surface area contributed by atoms with E-state index in [2.05, 4.69) is 43.8 Å². The number of hydrogen-bond acceptors (Lipinski definition) is 5. The van der Waals surface area contributed by atoms with E-state index in [0.29, 0.717) is 22.9 Å². The molecule has 0 radical (unpaired) electrons. The van der Waals surface area contributed by atoms with Crippen LogP contribution in [0.2, 0.25) is 0 Å². The van der Waals surface area contributed by atoms with Crippen LogP contribution in [0.4, 0.5) is 0 Å². The maximum Gasteiger partial charge on any atom is 2.00 e. The standard InChI is InChI=1S/C26H15N5O.Pt/c1-2-8-22-20(7-1)26-23(31(22)24-9-3-5-12-28-24)15-18(17-30-26)21-16-19(11-14-27-21)32-25-10-4-6-13-29-25;/h1-14,17H;/q-2;+2. The number of para-hydroxylation sites is 1. The Hall–Kier alpha value is -3.89. The van der Waals surface area contributed by atoms with Crippen LogP contribution in [0.15, 0.2) is 91.5 Å². The summed E-state index contributed by atoms with van der Waals surface area (Å²) >= 11 is 0. The van der Waals surface area contributed by atoms with Gasteiger partial charge < -0.3 is 19.3 Å². The van der Waals surface area contributed by atoms with E-state index in [-0.39, 0.29) is 21.1 Å². The summed E-state index contributed by atoms with van der Waals surface area (Å²) in [5.74, 6) is 1.82. The van der Waals surface area contributed by atoms with Crippen LogP contribution < -0.4 is 4.74 Å². The van der Waals surface area contributed by atoms with Gasteiger partial charge in [0, 0.05) is 35.2 Å². The van der Waals surface area contributed by atoms with Gasteiger partial charge in [-0.15, -0.1) is 18.0 Å². The van der Waals surface area contributed by atoms with Crippen molar-refractivity contribution in [2.45, 2.75) is 0 Å². The van der Waals surface area contributed by atoms with Crippen LogP contribution in [0.5, 0.6) is 11.6 Å². The van der Waals surface area contributed by atoms with Crippen molar-refractivity contribution < 1.29 is 25.8 Å². The van der Waals surface area contributed by atoms with Crippen molar-refractivity contribution in [3.05, 3.63) is 104 Å². The van der Waals surface area contributed by atoms with Crippen molar-refractivity contribution in [1.29, 1.82) is 0 Å². The third kappa shape index (κ3) is 3.90. The zero-order chi connectivity index (χ0) is 21.3. The first-order valence-corrected chi connectivity index (χ1v) is 10.1. The fourth-order valence-electron chi connectivity index (χ4n) is 3.69. The van der Waals surface area contributed by atoms with Crippen molar-refractivity contribution in [3.63, 3.8) is 0 Å². The smallest absolute Gasteiger partial charge is 0.466 e. The van der Waals surface area contributed by atoms with Crippen molar-refractivity contribution in [3.8, 4) is 28.7 Å². The molecule has 5 heterocycles. The van der Waals surface area contributed by atoms with Crippen LogP contribution in [-0.4, -0.2) is 24.5 Å². The van der Waals surface area contributed by atoms with Crippen molar-refractivity contribution in [2.24, 2.45) is 0 Å². The molecule has 0 aliphatic rings. The van der Waals surface area contributed by atoms with E-state index < -0.39 is 0 Å². The van der Waals surface area contributed by atoms with Gasteiger partial charge in [0.2, 0.25) is 5.88 Å². The average Bonchev–Trinajstić information content (AvgIpc) is 3.19. The molecular weight excluding hydrogens is 593 g/mol. The minimum atomic E-state index is 0. The minimum Gasteiger partial charge on any atom is -0.466 e. The Bertz CT molecular complexity index is 1550. The summed E-state index contributed by atoms with van der Waals surface area (Å²) in [6.07, 6.45) is 6.90. The maximum atomic E-state index is 5.81. The van der Waals surface area contributed by atoms with Gasteiger partial charge in [-0.3, -0.25) is 0 Å². The number of rotatable bonds is 4. The van der Waals surface area contributed by atoms with Gasteiger partial charge in [-0.25, -0.2) is 15.5 Å². The van der Waals surface area contributed by atoms with E-state index in [1.807, 2.05) is 42.5 Å². The van der Waals surface area contributed by atoms with Gasteiger partial charge in [0.25, 0.3) is 0 Å². The molecule has 0 amide bonds. The van der Waals surface area contributed by atoms with Crippen LogP contribution in [0.3, 0.4) is 0 Å². The molecule has 0 saturated heterocycles. The third-order valence-electron chi connectivity index (χ3n) is 5.08. The predicted molar refractivity (Wildman–Crippen MR) is 122 cm³/mol. The Kier molecular flexibility index (Phi) is 5.67. The summed E-state index contributed by atoms with van der Waals surface area (Å²) in [6, 6.07) is 27.9. The Morgan fingerprint density at radius 1 is 0.727 bits per heavy atom. The van der Waals surface area contributed by atoms with Crippen molar-refractivity contribution in [2.75, 3.05) is 0 Å². The normalized spacial score (nSPS) is 10.8. The van der Waals surface area contributed by atoms with E-state index in [1.54, 1.807) is 36.9 Å². The number of benzene rings is 1. The van der Waals surface area contributed by atoms with Gasteiger partial charge in [0.05, 0.1) is 0 Å². The first-order valence-electron chi connectivity index (χ1n) is 10.1. The molecule has 0 fully saturated rings. The molecular formula is C26H15N5OPt. The second-order valence-electron chi connectivity index (χ2n) is 7.09. The van der Waals surface area contributed by atoms with Crippen molar-refractivity contribution in [1.82, 2.24) is 24.5 Å². The second-order valence-corrected chi connectivity index (χ2v) is 7.09. The molecule has 6 rings (SSSR count). The van der Waals surface area contributed by atoms with E-state index in [1.165, 1.54) is 0 Å². The Morgan fingerprint density at radius 3 is 2.36 bits per heavy atom. The summed E-state index contributed by atoms with van der Waals surface area (Å²) in [4.78, 5) is 18.0. The number of nitrogens with zero attached hydrogens (tertiary/aromatic N) is 5. The van der Waals surface area contributed by atoms with Crippen LogP contribution in [0.25, 0.3) is 39.0 Å². The van der Waals surface area contributed by atoms with E-state index >= 15 is 0 Å². The van der Waals surface area contributed by atoms with Gasteiger partial charge in [0.15, 0.2) is 0 Å². The van der Waals surface area contributed by atoms with E-state index in [4.69, 9.17) is 9.72 Å². The number of pyridine rings is 4. The number of fused-ring (bicyclic) bond motifs is 3. The second kappa shape index (κ2) is 8.92. The molecule has 0 aliphatic carbocycles. The van der Waals surface area contributed by atoms with Gasteiger partial charge >= 0.3 is 21.1 Å². The summed E-state index contributed by atoms with van der Waals surface area (Å²) < 4.78 is 7.88. The van der Waals surface area contributed by atoms with Crippen LogP contribution in [0.1, 0.15) is 0 Å². The summed E-state index contributed by atoms with van der Waals surface area (Å²) in [6.45, 7) is 0. The number of hydrogen-bond donors (Lipinski definition) is 0. The minimum absolute atomic E-state index is 0. The monoisotopic (exact) mass is 608 g/mol. The van der Waals surface area contributed by atoms with Crippen LogP contribution in [0, 0.1) is 12.1 Å². The molecule has 0 N–H and O–H groups in total. The quantitative estimate of drug-likeness (QED) is 0.250. The SMILES string of the molecule is [Pt+2].[c-]1c(Oc2ccccn2)ccnc1-c1[c-]c2c(nc1)c1ccccc1n2-c1ccccn1. The van der Waals surface area contributed by atoms with Crippen LogP contribution >= 0.6 is 0 Å². The number of ether oxygens (including phenoxy) is 1. The first-order chi connectivity index (χ1) is 15.9. The predicted octanol–water partition coefficient (Wildman–Crippen LogP) is 5.42. The summed E-state index contributed by atoms with van der Waals surface area (Å²) in [5, 5.41) is 1.04. The molecule has 6 aromatic rings. The fourth-order valence-corrected chi connectivity index (χ4v) is 3.69. The molecule has 160 valence electrons. The molecule has 6 nitrogen and oxygen atoms in total. The average molecular weight is 609 g/mol. The summed E-state index contributed by atoms with van der Waals surface area (Å²) in [5.41, 5.74) is 4.01. The molecule has 0 spiro atoms. The maximum absolute atomic E-state index is 5.81. The molecule has 0 saturated carbocycles. The van der Waals surface area contributed by atoms with Crippen LogP contribution in [-0.2, 0) is 21.1 Å². The molecule has 33 heavy (non-hydrogen) atoms. The molecule has 0 aliphatic heterocycles. The molecule has 7 heteroatoms. The Labute approximate surface area is 204 Å². The van der Waals surface area contributed by atoms with E-state index in [0.717, 1.165) is 27.8 Å². The van der Waals surface area contributed by atoms with E-state index in [9.17, 15) is 0 Å². The molecule has 0 unspecified atom stereocenters. The van der Waals surface area contributed by atoms with Gasteiger partial charge in [-0.2, -0.15) is 12.1 Å². The zero-order valence-corrected chi connectivity index (χ0v) is 19.4. The third-order valence-corrected chi connectivity index (χ3v) is 5.08. The van der Waals surface area contributed by atoms with Gasteiger partial charge in [-0.1, -0.05) is 30.3 Å². The first kappa shape index (κ1) is 21.0. The fraction of sp³-hybridized carbons (Fsp3) is 0. The molecule has 1 aromatic carbocycles. The molecule has 0 atom stereocenters. The number of aromatic nitrogens is 5. The molecule has 0 bridgehead atoms. The zero-order valence-electron chi connectivity index (χ0n) is 17.1. The largest absolute Gasteiger partial charge is 2.00 e. The summed E-state index contributed by atoms with van der Waals surface area (Å²) in [7, 11) is 0. The molecule has 5 aromatic heterocycles. The van der Waals surface area contributed by atoms with Gasteiger partial charge in [-0.05, 0) is 41.4 Å². The Morgan fingerprint density at radius 2 is 1.55 bits per heavy atom.